The molecule has 1 heterocycles. The molecule has 0 radical (unpaired) electrons. The molecule has 0 fully saturated rings. The van der Waals surface area contributed by atoms with Crippen LogP contribution in [0.25, 0.3) is 0 Å². The number of aromatic nitrogens is 1. The van der Waals surface area contributed by atoms with Crippen molar-refractivity contribution in [1.82, 2.24) is 4.98 Å². The van der Waals surface area contributed by atoms with Crippen LogP contribution in [0.1, 0.15) is 16.1 Å². The van der Waals surface area contributed by atoms with E-state index < -0.39 is 29.2 Å². The smallest absolute Gasteiger partial charge is 0.420 e. The maximum absolute atomic E-state index is 12.4. The van der Waals surface area contributed by atoms with Crippen LogP contribution in [0.15, 0.2) is 12.3 Å². The quantitative estimate of drug-likeness (QED) is 0.827. The maximum atomic E-state index is 12.4. The number of methoxy groups -OCH3 is 1. The molecule has 0 amide bonds. The van der Waals surface area contributed by atoms with Gasteiger partial charge in [0.1, 0.15) is 5.56 Å². The van der Waals surface area contributed by atoms with Crippen LogP contribution in [-0.4, -0.2) is 23.2 Å². The van der Waals surface area contributed by atoms with Gasteiger partial charge in [0, 0.05) is 6.20 Å². The second-order valence-electron chi connectivity index (χ2n) is 2.54. The number of nitrogens with zero attached hydrogens (tertiary/aromatic N) is 1. The molecule has 0 atom stereocenters. The number of rotatable bonds is 2. The molecule has 0 unspecified atom stereocenters. The largest absolute Gasteiger partial charge is 0.494 e. The summed E-state index contributed by atoms with van der Waals surface area (Å²) in [6.07, 6.45) is -3.90. The van der Waals surface area contributed by atoms with Crippen LogP contribution in [0.2, 0.25) is 0 Å². The molecule has 0 aliphatic carbocycles. The van der Waals surface area contributed by atoms with Crippen LogP contribution in [-0.2, 0) is 6.18 Å². The second-order valence-corrected chi connectivity index (χ2v) is 2.54. The highest BCUT2D eigenvalue weighted by molar-refractivity contribution is 5.89. The Balaban J connectivity index is 3.42. The molecule has 0 saturated carbocycles. The second kappa shape index (κ2) is 3.76. The van der Waals surface area contributed by atoms with Gasteiger partial charge >= 0.3 is 12.1 Å². The summed E-state index contributed by atoms with van der Waals surface area (Å²) in [6, 6.07) is 0.658. The van der Waals surface area contributed by atoms with Crippen LogP contribution in [0.4, 0.5) is 13.2 Å². The lowest BCUT2D eigenvalue weighted by molar-refractivity contribution is -0.138. The zero-order valence-corrected chi connectivity index (χ0v) is 7.50. The molecule has 0 aromatic carbocycles. The van der Waals surface area contributed by atoms with Crippen molar-refractivity contribution >= 4 is 5.97 Å². The van der Waals surface area contributed by atoms with E-state index in [0.29, 0.717) is 6.07 Å². The average Bonchev–Trinajstić information content (AvgIpc) is 2.15. The van der Waals surface area contributed by atoms with Gasteiger partial charge in [0.15, 0.2) is 11.4 Å². The normalized spacial score (nSPS) is 11.2. The van der Waals surface area contributed by atoms with E-state index in [9.17, 15) is 18.0 Å². The molecule has 0 aliphatic rings. The Labute approximate surface area is 82.3 Å². The van der Waals surface area contributed by atoms with Crippen molar-refractivity contribution in [3.63, 3.8) is 0 Å². The van der Waals surface area contributed by atoms with Crippen molar-refractivity contribution in [3.8, 4) is 5.75 Å². The lowest BCUT2D eigenvalue weighted by atomic mass is 10.2. The Morgan fingerprint density at radius 2 is 2.13 bits per heavy atom. The van der Waals surface area contributed by atoms with Crippen LogP contribution < -0.4 is 4.74 Å². The Morgan fingerprint density at radius 1 is 1.53 bits per heavy atom. The van der Waals surface area contributed by atoms with Crippen molar-refractivity contribution < 1.29 is 27.8 Å². The summed E-state index contributed by atoms with van der Waals surface area (Å²) in [7, 11) is 0.957. The Morgan fingerprint density at radius 3 is 2.53 bits per heavy atom. The van der Waals surface area contributed by atoms with E-state index in [4.69, 9.17) is 5.11 Å². The summed E-state index contributed by atoms with van der Waals surface area (Å²) >= 11 is 0. The number of ether oxygens (including phenoxy) is 1. The van der Waals surface area contributed by atoms with Gasteiger partial charge in [0.25, 0.3) is 0 Å². The lowest BCUT2D eigenvalue weighted by Gasteiger charge is -2.12. The van der Waals surface area contributed by atoms with Crippen molar-refractivity contribution in [2.75, 3.05) is 7.11 Å². The fraction of sp³-hybridized carbons (Fsp3) is 0.250. The molecule has 4 nitrogen and oxygen atoms in total. The van der Waals surface area contributed by atoms with Gasteiger partial charge < -0.3 is 9.84 Å². The fourth-order valence-electron chi connectivity index (χ4n) is 1.03. The SMILES string of the molecule is COc1c(C(F)(F)F)ccnc1C(=O)O. The van der Waals surface area contributed by atoms with Gasteiger partial charge in [-0.3, -0.25) is 0 Å². The highest BCUT2D eigenvalue weighted by atomic mass is 19.4. The molecule has 0 aliphatic heterocycles. The zero-order valence-electron chi connectivity index (χ0n) is 7.50. The van der Waals surface area contributed by atoms with Crippen molar-refractivity contribution in [1.29, 1.82) is 0 Å². The molecule has 1 N–H and O–H groups in total. The van der Waals surface area contributed by atoms with Gasteiger partial charge in [-0.05, 0) is 6.07 Å². The summed E-state index contributed by atoms with van der Waals surface area (Å²) in [5.74, 6) is -2.35. The van der Waals surface area contributed by atoms with E-state index in [-0.39, 0.29) is 0 Å². The Kier molecular flexibility index (Phi) is 2.83. The maximum Gasteiger partial charge on any atom is 0.420 e. The summed E-state index contributed by atoms with van der Waals surface area (Å²) in [5, 5.41) is 8.58. The first kappa shape index (κ1) is 11.3. The number of pyridine rings is 1. The van der Waals surface area contributed by atoms with E-state index in [1.807, 2.05) is 0 Å². The van der Waals surface area contributed by atoms with Crippen LogP contribution >= 0.6 is 0 Å². The topological polar surface area (TPSA) is 59.4 Å². The van der Waals surface area contributed by atoms with Crippen LogP contribution in [0.3, 0.4) is 0 Å². The van der Waals surface area contributed by atoms with Gasteiger partial charge in [-0.1, -0.05) is 0 Å². The molecule has 0 spiro atoms. The monoisotopic (exact) mass is 221 g/mol. The third-order valence-electron chi connectivity index (χ3n) is 1.62. The van der Waals surface area contributed by atoms with Crippen molar-refractivity contribution in [2.45, 2.75) is 6.18 Å². The van der Waals surface area contributed by atoms with Crippen LogP contribution in [0, 0.1) is 0 Å². The van der Waals surface area contributed by atoms with Gasteiger partial charge in [0.05, 0.1) is 7.11 Å². The zero-order chi connectivity index (χ0) is 11.6. The number of carboxylic acids is 1. The fourth-order valence-corrected chi connectivity index (χ4v) is 1.03. The number of hydrogen-bond acceptors (Lipinski definition) is 3. The number of aromatic carboxylic acids is 1. The molecule has 7 heteroatoms. The summed E-state index contributed by atoms with van der Waals surface area (Å²) < 4.78 is 41.5. The predicted molar refractivity (Wildman–Crippen MR) is 42.8 cm³/mol. The molecular weight excluding hydrogens is 215 g/mol. The molecule has 82 valence electrons. The van der Waals surface area contributed by atoms with E-state index >= 15 is 0 Å². The molecule has 1 aromatic rings. The van der Waals surface area contributed by atoms with Crippen molar-refractivity contribution in [2.24, 2.45) is 0 Å². The molecular formula is C8H6F3NO3. The van der Waals surface area contributed by atoms with Crippen molar-refractivity contribution in [3.05, 3.63) is 23.5 Å². The van der Waals surface area contributed by atoms with E-state index in [1.54, 1.807) is 0 Å². The number of alkyl halides is 3. The van der Waals surface area contributed by atoms with Crippen LogP contribution in [0.5, 0.6) is 5.75 Å². The number of hydrogen-bond donors (Lipinski definition) is 1. The standard InChI is InChI=1S/C8H6F3NO3/c1-15-6-4(8(9,10)11)2-3-12-5(6)7(13)14/h2-3H,1H3,(H,13,14). The third-order valence-corrected chi connectivity index (χ3v) is 1.62. The third kappa shape index (κ3) is 2.17. The first-order chi connectivity index (χ1) is 6.88. The Hall–Kier alpha value is -1.79. The van der Waals surface area contributed by atoms with Gasteiger partial charge in [0.2, 0.25) is 0 Å². The predicted octanol–water partition coefficient (Wildman–Crippen LogP) is 1.81. The number of carbonyl (C=O) groups is 1. The number of halogens is 3. The Bertz CT molecular complexity index is 389. The van der Waals surface area contributed by atoms with E-state index in [1.165, 1.54) is 0 Å². The first-order valence-corrected chi connectivity index (χ1v) is 3.71. The lowest BCUT2D eigenvalue weighted by Crippen LogP contribution is -2.12. The summed E-state index contributed by atoms with van der Waals surface area (Å²) in [6.45, 7) is 0. The highest BCUT2D eigenvalue weighted by Crippen LogP contribution is 2.37. The molecule has 15 heavy (non-hydrogen) atoms. The van der Waals surface area contributed by atoms with E-state index in [2.05, 4.69) is 9.72 Å². The van der Waals surface area contributed by atoms with E-state index in [0.717, 1.165) is 13.3 Å². The minimum Gasteiger partial charge on any atom is -0.494 e. The van der Waals surface area contributed by atoms with Gasteiger partial charge in [-0.25, -0.2) is 9.78 Å². The molecule has 1 aromatic heterocycles. The summed E-state index contributed by atoms with van der Waals surface area (Å²) in [4.78, 5) is 13.8. The summed E-state index contributed by atoms with van der Waals surface area (Å²) in [5.41, 5.74) is -1.91. The molecule has 0 bridgehead atoms. The average molecular weight is 221 g/mol. The number of carboxylic acid groups (broad SMARTS) is 1. The van der Waals surface area contributed by atoms with Gasteiger partial charge in [-0.15, -0.1) is 0 Å². The first-order valence-electron chi connectivity index (χ1n) is 3.71. The molecule has 0 saturated heterocycles. The van der Waals surface area contributed by atoms with Gasteiger partial charge in [-0.2, -0.15) is 13.2 Å². The minimum absolute atomic E-state index is 0.658. The highest BCUT2D eigenvalue weighted by Gasteiger charge is 2.36. The molecule has 1 rings (SSSR count). The minimum atomic E-state index is -4.67.